The van der Waals surface area contributed by atoms with Crippen molar-refractivity contribution in [3.63, 3.8) is 0 Å². The lowest BCUT2D eigenvalue weighted by Gasteiger charge is -2.41. The number of allylic oxidation sites excluding steroid dienone is 2. The molecule has 1 aliphatic rings. The first kappa shape index (κ1) is 10.5. The average Bonchev–Trinajstić information content (AvgIpc) is 2.02. The Bertz CT molecular complexity index is 203. The van der Waals surface area contributed by atoms with E-state index >= 15 is 0 Å². The summed E-state index contributed by atoms with van der Waals surface area (Å²) in [7, 11) is 0. The molecular weight excluding hydrogens is 160 g/mol. The summed E-state index contributed by atoms with van der Waals surface area (Å²) in [4.78, 5) is 10.3. The maximum atomic E-state index is 10.3. The van der Waals surface area contributed by atoms with E-state index < -0.39 is 0 Å². The Balaban J connectivity index is 2.74. The predicted octanol–water partition coefficient (Wildman–Crippen LogP) is 3.20. The van der Waals surface area contributed by atoms with Crippen LogP contribution in [0.15, 0.2) is 12.2 Å². The monoisotopic (exact) mass is 180 g/mol. The molecule has 0 radical (unpaired) electrons. The fourth-order valence-corrected chi connectivity index (χ4v) is 2.61. The minimum absolute atomic E-state index is 0.372. The molecule has 0 aliphatic heterocycles. The lowest BCUT2D eigenvalue weighted by Crippen LogP contribution is -2.32. The van der Waals surface area contributed by atoms with Crippen molar-refractivity contribution in [3.05, 3.63) is 12.2 Å². The highest BCUT2D eigenvalue weighted by Crippen LogP contribution is 2.44. The van der Waals surface area contributed by atoms with E-state index in [0.717, 1.165) is 12.2 Å². The Morgan fingerprint density at radius 1 is 1.38 bits per heavy atom. The van der Waals surface area contributed by atoms with Crippen molar-refractivity contribution in [1.29, 1.82) is 0 Å². The maximum Gasteiger partial charge on any atom is 0.142 e. The molecule has 0 saturated heterocycles. The first-order valence-corrected chi connectivity index (χ1v) is 5.20. The van der Waals surface area contributed by atoms with Gasteiger partial charge in [0.05, 0.1) is 0 Å². The summed E-state index contributed by atoms with van der Waals surface area (Å²) in [5, 5.41) is 0. The van der Waals surface area contributed by atoms with E-state index in [0.29, 0.717) is 11.3 Å². The van der Waals surface area contributed by atoms with E-state index in [2.05, 4.69) is 26.8 Å². The van der Waals surface area contributed by atoms with Crippen molar-refractivity contribution in [3.8, 4) is 0 Å². The molecule has 0 aromatic carbocycles. The van der Waals surface area contributed by atoms with Gasteiger partial charge >= 0.3 is 0 Å². The van der Waals surface area contributed by atoms with Crippen LogP contribution in [0, 0.1) is 17.3 Å². The average molecular weight is 180 g/mol. The number of carbonyl (C=O) groups excluding carboxylic acids is 1. The van der Waals surface area contributed by atoms with E-state index in [4.69, 9.17) is 0 Å². The van der Waals surface area contributed by atoms with E-state index in [1.54, 1.807) is 6.08 Å². The Morgan fingerprint density at radius 2 is 2.08 bits per heavy atom. The molecule has 0 bridgehead atoms. The molecule has 2 atom stereocenters. The predicted molar refractivity (Wildman–Crippen MR) is 55.5 cm³/mol. The van der Waals surface area contributed by atoms with Gasteiger partial charge in [0.25, 0.3) is 0 Å². The van der Waals surface area contributed by atoms with Crippen LogP contribution in [0.25, 0.3) is 0 Å². The van der Waals surface area contributed by atoms with Crippen LogP contribution in [0.5, 0.6) is 0 Å². The summed E-state index contributed by atoms with van der Waals surface area (Å²) in [6.45, 7) is 6.91. The van der Waals surface area contributed by atoms with Gasteiger partial charge in [-0.25, -0.2) is 0 Å². The van der Waals surface area contributed by atoms with Crippen molar-refractivity contribution in [2.24, 2.45) is 17.3 Å². The van der Waals surface area contributed by atoms with Gasteiger partial charge in [-0.2, -0.15) is 0 Å². The number of aldehydes is 1. The summed E-state index contributed by atoms with van der Waals surface area (Å²) in [5.74, 6) is 1.30. The molecule has 0 spiro atoms. The normalized spacial score (nSPS) is 33.5. The summed E-state index contributed by atoms with van der Waals surface area (Å²) in [6.07, 6.45) is 8.56. The molecule has 1 aliphatic carbocycles. The molecule has 13 heavy (non-hydrogen) atoms. The smallest absolute Gasteiger partial charge is 0.142 e. The SMILES string of the molecule is CC1CCCC(C)(C)C1C=CC=O. The van der Waals surface area contributed by atoms with Gasteiger partial charge in [-0.3, -0.25) is 4.79 Å². The highest BCUT2D eigenvalue weighted by atomic mass is 16.1. The molecule has 0 heterocycles. The fourth-order valence-electron chi connectivity index (χ4n) is 2.61. The van der Waals surface area contributed by atoms with Crippen LogP contribution in [0.1, 0.15) is 40.0 Å². The van der Waals surface area contributed by atoms with Crippen LogP contribution < -0.4 is 0 Å². The minimum atomic E-state index is 0.372. The van der Waals surface area contributed by atoms with Gasteiger partial charge in [0, 0.05) is 0 Å². The largest absolute Gasteiger partial charge is 0.299 e. The molecular formula is C12H20O. The number of hydrogen-bond acceptors (Lipinski definition) is 1. The molecule has 2 unspecified atom stereocenters. The van der Waals surface area contributed by atoms with Gasteiger partial charge in [-0.05, 0) is 29.7 Å². The van der Waals surface area contributed by atoms with E-state index in [9.17, 15) is 4.79 Å². The maximum absolute atomic E-state index is 10.3. The lowest BCUT2D eigenvalue weighted by atomic mass is 9.64. The summed E-state index contributed by atoms with van der Waals surface area (Å²) in [5.41, 5.74) is 0.372. The quantitative estimate of drug-likeness (QED) is 0.471. The van der Waals surface area contributed by atoms with Crippen molar-refractivity contribution in [2.75, 3.05) is 0 Å². The van der Waals surface area contributed by atoms with Gasteiger partial charge in [-0.15, -0.1) is 0 Å². The van der Waals surface area contributed by atoms with E-state index in [1.807, 2.05) is 0 Å². The third-order valence-corrected chi connectivity index (χ3v) is 3.39. The third kappa shape index (κ3) is 2.43. The zero-order chi connectivity index (χ0) is 9.90. The van der Waals surface area contributed by atoms with Crippen LogP contribution in [0.2, 0.25) is 0 Å². The standard InChI is InChI=1S/C12H20O/c1-10-6-4-8-12(2,3)11(10)7-5-9-13/h5,7,9-11H,4,6,8H2,1-3H3. The Kier molecular flexibility index (Phi) is 3.29. The molecule has 1 nitrogen and oxygen atoms in total. The van der Waals surface area contributed by atoms with E-state index in [1.165, 1.54) is 19.3 Å². The molecule has 0 amide bonds. The molecule has 0 aromatic rings. The molecule has 0 aromatic heterocycles. The van der Waals surface area contributed by atoms with Crippen molar-refractivity contribution < 1.29 is 4.79 Å². The molecule has 74 valence electrons. The minimum Gasteiger partial charge on any atom is -0.299 e. The van der Waals surface area contributed by atoms with Crippen molar-refractivity contribution in [2.45, 2.75) is 40.0 Å². The first-order valence-electron chi connectivity index (χ1n) is 5.20. The van der Waals surface area contributed by atoms with Crippen LogP contribution >= 0.6 is 0 Å². The third-order valence-electron chi connectivity index (χ3n) is 3.39. The summed E-state index contributed by atoms with van der Waals surface area (Å²) in [6, 6.07) is 0. The van der Waals surface area contributed by atoms with Gasteiger partial charge < -0.3 is 0 Å². The Morgan fingerprint density at radius 3 is 2.62 bits per heavy atom. The number of carbonyl (C=O) groups is 1. The summed E-state index contributed by atoms with van der Waals surface area (Å²) < 4.78 is 0. The van der Waals surface area contributed by atoms with Crippen molar-refractivity contribution >= 4 is 6.29 Å². The number of hydrogen-bond donors (Lipinski definition) is 0. The topological polar surface area (TPSA) is 17.1 Å². The van der Waals surface area contributed by atoms with Crippen LogP contribution in [-0.2, 0) is 4.79 Å². The van der Waals surface area contributed by atoms with Crippen LogP contribution in [-0.4, -0.2) is 6.29 Å². The van der Waals surface area contributed by atoms with Crippen LogP contribution in [0.4, 0.5) is 0 Å². The Hall–Kier alpha value is -0.590. The second-order valence-electron chi connectivity index (χ2n) is 4.90. The second-order valence-corrected chi connectivity index (χ2v) is 4.90. The zero-order valence-electron chi connectivity index (χ0n) is 8.92. The lowest BCUT2D eigenvalue weighted by molar-refractivity contribution is -0.104. The second kappa shape index (κ2) is 4.08. The highest BCUT2D eigenvalue weighted by molar-refractivity contribution is 5.64. The first-order chi connectivity index (χ1) is 6.08. The molecule has 1 fully saturated rings. The van der Waals surface area contributed by atoms with Gasteiger partial charge in [-0.1, -0.05) is 39.7 Å². The van der Waals surface area contributed by atoms with Crippen LogP contribution in [0.3, 0.4) is 0 Å². The molecule has 1 heteroatoms. The molecule has 0 N–H and O–H groups in total. The van der Waals surface area contributed by atoms with Crippen molar-refractivity contribution in [1.82, 2.24) is 0 Å². The van der Waals surface area contributed by atoms with Gasteiger partial charge in [0.2, 0.25) is 0 Å². The Labute approximate surface area is 81.2 Å². The van der Waals surface area contributed by atoms with Gasteiger partial charge in [0.15, 0.2) is 0 Å². The highest BCUT2D eigenvalue weighted by Gasteiger charge is 2.34. The summed E-state index contributed by atoms with van der Waals surface area (Å²) >= 11 is 0. The molecule has 1 rings (SSSR count). The van der Waals surface area contributed by atoms with Gasteiger partial charge in [0.1, 0.15) is 6.29 Å². The molecule has 1 saturated carbocycles. The zero-order valence-corrected chi connectivity index (χ0v) is 8.92. The fraction of sp³-hybridized carbons (Fsp3) is 0.750. The number of rotatable bonds is 2. The van der Waals surface area contributed by atoms with E-state index in [-0.39, 0.29) is 0 Å².